The second kappa shape index (κ2) is 10.1. The maximum absolute atomic E-state index is 12.3. The van der Waals surface area contributed by atoms with Crippen LogP contribution in [0.4, 0.5) is 0 Å². The second-order valence-corrected chi connectivity index (χ2v) is 7.36. The minimum Gasteiger partial charge on any atom is -0.497 e. The van der Waals surface area contributed by atoms with Crippen molar-refractivity contribution in [2.45, 2.75) is 32.4 Å². The lowest BCUT2D eigenvalue weighted by atomic mass is 10.0. The lowest BCUT2D eigenvalue weighted by molar-refractivity contribution is -0.124. The number of piperidine rings is 1. The molecule has 29 heavy (non-hydrogen) atoms. The Labute approximate surface area is 171 Å². The van der Waals surface area contributed by atoms with Gasteiger partial charge in [-0.05, 0) is 68.3 Å². The van der Waals surface area contributed by atoms with E-state index in [1.807, 2.05) is 18.2 Å². The summed E-state index contributed by atoms with van der Waals surface area (Å²) in [6.07, 6.45) is 2.01. The largest absolute Gasteiger partial charge is 0.497 e. The molecule has 2 aromatic rings. The molecule has 1 fully saturated rings. The summed E-state index contributed by atoms with van der Waals surface area (Å²) in [6.45, 7) is 4.15. The molecular formula is C23H28N2O4. The summed E-state index contributed by atoms with van der Waals surface area (Å²) in [4.78, 5) is 25.9. The molecular weight excluding hydrogens is 368 g/mol. The number of carbonyl (C=O) groups is 2. The molecule has 2 aromatic carbocycles. The molecule has 154 valence electrons. The molecule has 1 unspecified atom stereocenters. The maximum Gasteiger partial charge on any atom is 0.258 e. The summed E-state index contributed by atoms with van der Waals surface area (Å²) >= 11 is 0. The number of nitrogens with one attached hydrogen (secondary N) is 1. The van der Waals surface area contributed by atoms with Crippen molar-refractivity contribution in [1.29, 1.82) is 0 Å². The van der Waals surface area contributed by atoms with Crippen LogP contribution in [0.2, 0.25) is 0 Å². The van der Waals surface area contributed by atoms with Gasteiger partial charge in [0.2, 0.25) is 0 Å². The molecule has 0 aromatic heterocycles. The van der Waals surface area contributed by atoms with Gasteiger partial charge in [0.1, 0.15) is 11.5 Å². The summed E-state index contributed by atoms with van der Waals surface area (Å²) in [5.41, 5.74) is 1.83. The topological polar surface area (TPSA) is 67.9 Å². The number of ketones is 1. The Morgan fingerprint density at radius 1 is 1.14 bits per heavy atom. The summed E-state index contributed by atoms with van der Waals surface area (Å²) < 4.78 is 10.8. The van der Waals surface area contributed by atoms with E-state index in [1.54, 1.807) is 31.4 Å². The van der Waals surface area contributed by atoms with Crippen LogP contribution in [0.3, 0.4) is 0 Å². The predicted molar refractivity (Wildman–Crippen MR) is 111 cm³/mol. The van der Waals surface area contributed by atoms with Crippen molar-refractivity contribution in [3.8, 4) is 11.5 Å². The number of amides is 1. The van der Waals surface area contributed by atoms with Gasteiger partial charge in [0.25, 0.3) is 5.91 Å². The molecule has 1 heterocycles. The van der Waals surface area contributed by atoms with Gasteiger partial charge in [-0.3, -0.25) is 14.5 Å². The first kappa shape index (κ1) is 20.9. The van der Waals surface area contributed by atoms with Crippen molar-refractivity contribution in [2.75, 3.05) is 26.8 Å². The minimum absolute atomic E-state index is 0.00472. The van der Waals surface area contributed by atoms with E-state index in [0.717, 1.165) is 38.2 Å². The number of benzene rings is 2. The third kappa shape index (κ3) is 6.32. The van der Waals surface area contributed by atoms with Crippen LogP contribution >= 0.6 is 0 Å². The Morgan fingerprint density at radius 2 is 1.93 bits per heavy atom. The van der Waals surface area contributed by atoms with Gasteiger partial charge in [-0.15, -0.1) is 0 Å². The van der Waals surface area contributed by atoms with Crippen LogP contribution in [0, 0.1) is 0 Å². The number of likely N-dealkylation sites (tertiary alicyclic amines) is 1. The zero-order valence-corrected chi connectivity index (χ0v) is 17.0. The fourth-order valence-electron chi connectivity index (χ4n) is 3.55. The van der Waals surface area contributed by atoms with Crippen molar-refractivity contribution in [3.05, 3.63) is 59.7 Å². The number of carbonyl (C=O) groups excluding carboxylic acids is 2. The molecule has 1 aliphatic heterocycles. The van der Waals surface area contributed by atoms with Gasteiger partial charge in [-0.25, -0.2) is 0 Å². The van der Waals surface area contributed by atoms with Gasteiger partial charge in [0.15, 0.2) is 12.4 Å². The Morgan fingerprint density at radius 3 is 2.66 bits per heavy atom. The predicted octanol–water partition coefficient (Wildman–Crippen LogP) is 3.06. The normalized spacial score (nSPS) is 16.8. The lowest BCUT2D eigenvalue weighted by Gasteiger charge is -2.33. The Balaban J connectivity index is 1.45. The maximum atomic E-state index is 12.3. The van der Waals surface area contributed by atoms with Gasteiger partial charge in [-0.1, -0.05) is 12.1 Å². The van der Waals surface area contributed by atoms with Gasteiger partial charge < -0.3 is 14.8 Å². The Hall–Kier alpha value is -2.86. The van der Waals surface area contributed by atoms with Crippen LogP contribution in [0.5, 0.6) is 11.5 Å². The van der Waals surface area contributed by atoms with Crippen molar-refractivity contribution in [3.63, 3.8) is 0 Å². The van der Waals surface area contributed by atoms with E-state index in [9.17, 15) is 9.59 Å². The van der Waals surface area contributed by atoms with E-state index in [2.05, 4.69) is 16.3 Å². The number of Topliss-reactive ketones (excluding diaryl/α,β-unsaturated/α-hetero) is 1. The standard InChI is InChI=1S/C23H28N2O4/c1-17(26)19-8-10-21(11-9-19)29-16-23(27)24-20-6-4-12-25(15-20)14-18-5-3-7-22(13-18)28-2/h3,5,7-11,13,20H,4,6,12,14-16H2,1-2H3,(H,24,27). The van der Waals surface area contributed by atoms with Gasteiger partial charge >= 0.3 is 0 Å². The molecule has 1 amide bonds. The van der Waals surface area contributed by atoms with Crippen LogP contribution in [-0.2, 0) is 11.3 Å². The van der Waals surface area contributed by atoms with Gasteiger partial charge in [0, 0.05) is 24.7 Å². The molecule has 0 aliphatic carbocycles. The van der Waals surface area contributed by atoms with Crippen LogP contribution in [0.15, 0.2) is 48.5 Å². The minimum atomic E-state index is -0.131. The lowest BCUT2D eigenvalue weighted by Crippen LogP contribution is -2.48. The molecule has 1 atom stereocenters. The molecule has 1 aliphatic rings. The summed E-state index contributed by atoms with van der Waals surface area (Å²) in [6, 6.07) is 15.0. The number of rotatable bonds is 8. The third-order valence-electron chi connectivity index (χ3n) is 5.04. The molecule has 0 saturated carbocycles. The van der Waals surface area contributed by atoms with Crippen LogP contribution in [-0.4, -0.2) is 49.4 Å². The summed E-state index contributed by atoms with van der Waals surface area (Å²) in [7, 11) is 1.67. The smallest absolute Gasteiger partial charge is 0.258 e. The summed E-state index contributed by atoms with van der Waals surface area (Å²) in [5.74, 6) is 1.31. The molecule has 0 spiro atoms. The molecule has 0 bridgehead atoms. The molecule has 6 heteroatoms. The van der Waals surface area contributed by atoms with Crippen molar-refractivity contribution in [2.24, 2.45) is 0 Å². The van der Waals surface area contributed by atoms with E-state index in [0.29, 0.717) is 11.3 Å². The van der Waals surface area contributed by atoms with E-state index < -0.39 is 0 Å². The molecule has 1 N–H and O–H groups in total. The van der Waals surface area contributed by atoms with Crippen LogP contribution < -0.4 is 14.8 Å². The highest BCUT2D eigenvalue weighted by atomic mass is 16.5. The number of nitrogens with zero attached hydrogens (tertiary/aromatic N) is 1. The van der Waals surface area contributed by atoms with E-state index >= 15 is 0 Å². The quantitative estimate of drug-likeness (QED) is 0.695. The highest BCUT2D eigenvalue weighted by molar-refractivity contribution is 5.94. The average Bonchev–Trinajstić information content (AvgIpc) is 2.73. The fraction of sp³-hybridized carbons (Fsp3) is 0.391. The first-order valence-electron chi connectivity index (χ1n) is 9.92. The van der Waals surface area contributed by atoms with Gasteiger partial charge in [-0.2, -0.15) is 0 Å². The molecule has 3 rings (SSSR count). The summed E-state index contributed by atoms with van der Waals surface area (Å²) in [5, 5.41) is 3.07. The number of hydrogen-bond donors (Lipinski definition) is 1. The Bertz CT molecular complexity index is 835. The third-order valence-corrected chi connectivity index (χ3v) is 5.04. The first-order chi connectivity index (χ1) is 14.0. The average molecular weight is 396 g/mol. The number of hydrogen-bond acceptors (Lipinski definition) is 5. The van der Waals surface area contributed by atoms with Crippen molar-refractivity contribution >= 4 is 11.7 Å². The van der Waals surface area contributed by atoms with E-state index in [4.69, 9.17) is 9.47 Å². The van der Waals surface area contributed by atoms with Crippen LogP contribution in [0.25, 0.3) is 0 Å². The van der Waals surface area contributed by atoms with Gasteiger partial charge in [0.05, 0.1) is 7.11 Å². The molecule has 6 nitrogen and oxygen atoms in total. The molecule has 1 saturated heterocycles. The van der Waals surface area contributed by atoms with Crippen molar-refractivity contribution in [1.82, 2.24) is 10.2 Å². The number of methoxy groups -OCH3 is 1. The molecule has 0 radical (unpaired) electrons. The fourth-order valence-corrected chi connectivity index (χ4v) is 3.55. The van der Waals surface area contributed by atoms with E-state index in [1.165, 1.54) is 12.5 Å². The zero-order chi connectivity index (χ0) is 20.6. The Kier molecular flexibility index (Phi) is 7.25. The van der Waals surface area contributed by atoms with Crippen LogP contribution in [0.1, 0.15) is 35.7 Å². The second-order valence-electron chi connectivity index (χ2n) is 7.36. The first-order valence-corrected chi connectivity index (χ1v) is 9.92. The zero-order valence-electron chi connectivity index (χ0n) is 17.0. The highest BCUT2D eigenvalue weighted by Crippen LogP contribution is 2.18. The SMILES string of the molecule is COc1cccc(CN2CCCC(NC(=O)COc3ccc(C(C)=O)cc3)C2)c1. The van der Waals surface area contributed by atoms with Crippen molar-refractivity contribution < 1.29 is 19.1 Å². The number of ether oxygens (including phenoxy) is 2. The highest BCUT2D eigenvalue weighted by Gasteiger charge is 2.21. The van der Waals surface area contributed by atoms with E-state index in [-0.39, 0.29) is 24.3 Å². The monoisotopic (exact) mass is 396 g/mol.